The average molecular weight is 683 g/mol. The van der Waals surface area contributed by atoms with Gasteiger partial charge in [-0.1, -0.05) is 130 Å². The Morgan fingerprint density at radius 1 is 0.833 bits per heavy atom. The molecule has 48 heavy (non-hydrogen) atoms. The lowest BCUT2D eigenvalue weighted by Crippen LogP contribution is -2.61. The van der Waals surface area contributed by atoms with Crippen LogP contribution in [-0.4, -0.2) is 63.3 Å². The van der Waals surface area contributed by atoms with E-state index in [4.69, 9.17) is 0 Å². The molecule has 2 rings (SSSR count). The van der Waals surface area contributed by atoms with Crippen molar-refractivity contribution in [2.24, 2.45) is 11.3 Å². The predicted molar refractivity (Wildman–Crippen MR) is 195 cm³/mol. The number of nitrogens with one attached hydrogen (secondary N) is 3. The minimum absolute atomic E-state index is 0.0675. The molecule has 0 spiro atoms. The molecular formula is C38H58N4O5S. The summed E-state index contributed by atoms with van der Waals surface area (Å²) in [6.45, 7) is 21.2. The Hall–Kier alpha value is -3.50. The van der Waals surface area contributed by atoms with Gasteiger partial charge in [0.1, 0.15) is 6.04 Å². The van der Waals surface area contributed by atoms with E-state index in [1.165, 1.54) is 11.8 Å². The molecule has 9 nitrogen and oxygen atoms in total. The number of rotatable bonds is 13. The van der Waals surface area contributed by atoms with E-state index in [9.17, 15) is 22.8 Å². The van der Waals surface area contributed by atoms with Gasteiger partial charge in [0.15, 0.2) is 0 Å². The van der Waals surface area contributed by atoms with Crippen molar-refractivity contribution in [2.75, 3.05) is 14.1 Å². The highest BCUT2D eigenvalue weighted by Gasteiger charge is 2.41. The Kier molecular flexibility index (Phi) is 13.4. The van der Waals surface area contributed by atoms with Crippen LogP contribution in [0, 0.1) is 11.3 Å². The van der Waals surface area contributed by atoms with Crippen LogP contribution in [0.2, 0.25) is 0 Å². The summed E-state index contributed by atoms with van der Waals surface area (Å²) in [5.74, 6) is -1.85. The molecule has 0 radical (unpaired) electrons. The maximum Gasteiger partial charge on any atom is 0.260 e. The van der Waals surface area contributed by atoms with Gasteiger partial charge < -0.3 is 15.5 Å². The average Bonchev–Trinajstić information content (AvgIpc) is 2.97. The van der Waals surface area contributed by atoms with Crippen molar-refractivity contribution >= 4 is 27.7 Å². The highest BCUT2D eigenvalue weighted by atomic mass is 32.2. The standard InChI is InChI=1S/C38H58N4O5S/c1-25(2)30(23-26(3)33(43)41-48(46,47)24-27-19-21-28(22-20-27)36(4,5)6)42(13)35(45)32(37(7,8)9)40-34(44)31(39-12)38(10,11)29-17-15-14-16-18-29/h14-23,25,30-32,39H,24H2,1-13H3,(H,40,44)(H,41,43)/b26-23+. The molecule has 2 aromatic carbocycles. The van der Waals surface area contributed by atoms with Crippen molar-refractivity contribution < 1.29 is 22.8 Å². The molecule has 0 saturated carbocycles. The zero-order valence-electron chi connectivity index (χ0n) is 31.2. The van der Waals surface area contributed by atoms with Gasteiger partial charge in [0.25, 0.3) is 5.91 Å². The first-order valence-corrected chi connectivity index (χ1v) is 18.2. The first kappa shape index (κ1) is 40.7. The topological polar surface area (TPSA) is 125 Å². The van der Waals surface area contributed by atoms with Crippen LogP contribution in [0.3, 0.4) is 0 Å². The van der Waals surface area contributed by atoms with Crippen LogP contribution in [0.4, 0.5) is 0 Å². The summed E-state index contributed by atoms with van der Waals surface area (Å²) >= 11 is 0. The van der Waals surface area contributed by atoms with Crippen LogP contribution < -0.4 is 15.4 Å². The van der Waals surface area contributed by atoms with Crippen LogP contribution in [0.5, 0.6) is 0 Å². The summed E-state index contributed by atoms with van der Waals surface area (Å²) in [4.78, 5) is 42.6. The van der Waals surface area contributed by atoms with Gasteiger partial charge >= 0.3 is 0 Å². The fraction of sp³-hybridized carbons (Fsp3) is 0.553. The first-order chi connectivity index (χ1) is 21.9. The van der Waals surface area contributed by atoms with E-state index in [2.05, 4.69) is 36.1 Å². The van der Waals surface area contributed by atoms with Crippen LogP contribution in [0.15, 0.2) is 66.2 Å². The van der Waals surface area contributed by atoms with E-state index in [0.717, 1.165) is 11.1 Å². The lowest BCUT2D eigenvalue weighted by Gasteiger charge is -2.40. The van der Waals surface area contributed by atoms with Crippen molar-refractivity contribution in [1.82, 2.24) is 20.3 Å². The van der Waals surface area contributed by atoms with Gasteiger partial charge in [-0.3, -0.25) is 14.4 Å². The molecule has 0 heterocycles. The number of amides is 3. The summed E-state index contributed by atoms with van der Waals surface area (Å²) in [5.41, 5.74) is 1.50. The van der Waals surface area contributed by atoms with Crippen molar-refractivity contribution in [3.63, 3.8) is 0 Å². The number of nitrogens with zero attached hydrogens (tertiary/aromatic N) is 1. The molecule has 0 fully saturated rings. The predicted octanol–water partition coefficient (Wildman–Crippen LogP) is 5.46. The van der Waals surface area contributed by atoms with E-state index >= 15 is 0 Å². The van der Waals surface area contributed by atoms with Gasteiger partial charge in [-0.15, -0.1) is 0 Å². The van der Waals surface area contributed by atoms with Crippen molar-refractivity contribution in [1.29, 1.82) is 0 Å². The maximum absolute atomic E-state index is 14.1. The zero-order chi connectivity index (χ0) is 36.8. The second-order valence-electron chi connectivity index (χ2n) is 15.8. The first-order valence-electron chi connectivity index (χ1n) is 16.5. The molecule has 2 aromatic rings. The Morgan fingerprint density at radius 3 is 1.83 bits per heavy atom. The molecule has 3 N–H and O–H groups in total. The molecule has 0 bridgehead atoms. The second-order valence-corrected chi connectivity index (χ2v) is 17.5. The summed E-state index contributed by atoms with van der Waals surface area (Å²) in [5, 5.41) is 6.18. The third-order valence-corrected chi connectivity index (χ3v) is 10.1. The van der Waals surface area contributed by atoms with Crippen LogP contribution in [0.1, 0.15) is 92.9 Å². The lowest BCUT2D eigenvalue weighted by atomic mass is 9.76. The Labute approximate surface area is 289 Å². The molecule has 3 amide bonds. The second kappa shape index (κ2) is 15.8. The summed E-state index contributed by atoms with van der Waals surface area (Å²) in [6.07, 6.45) is 1.61. The van der Waals surface area contributed by atoms with E-state index in [1.807, 2.05) is 90.9 Å². The molecule has 0 aliphatic carbocycles. The summed E-state index contributed by atoms with van der Waals surface area (Å²) in [7, 11) is -0.616. The van der Waals surface area contributed by atoms with Crippen LogP contribution in [0.25, 0.3) is 0 Å². The molecule has 3 unspecified atom stereocenters. The van der Waals surface area contributed by atoms with Crippen LogP contribution >= 0.6 is 0 Å². The van der Waals surface area contributed by atoms with Gasteiger partial charge in [0.2, 0.25) is 21.8 Å². The van der Waals surface area contributed by atoms with Gasteiger partial charge in [-0.2, -0.15) is 0 Å². The largest absolute Gasteiger partial charge is 0.342 e. The van der Waals surface area contributed by atoms with Gasteiger partial charge in [0, 0.05) is 18.0 Å². The van der Waals surface area contributed by atoms with E-state index < -0.39 is 44.9 Å². The number of hydrogen-bond donors (Lipinski definition) is 3. The van der Waals surface area contributed by atoms with Gasteiger partial charge in [0.05, 0.1) is 17.8 Å². The van der Waals surface area contributed by atoms with Crippen molar-refractivity contribution in [2.45, 2.75) is 111 Å². The van der Waals surface area contributed by atoms with Gasteiger partial charge in [-0.05, 0) is 47.4 Å². The van der Waals surface area contributed by atoms with Gasteiger partial charge in [-0.25, -0.2) is 13.1 Å². The van der Waals surface area contributed by atoms with Crippen molar-refractivity contribution in [3.05, 3.63) is 82.9 Å². The Balaban J connectivity index is 2.27. The molecule has 0 saturated heterocycles. The Morgan fingerprint density at radius 2 is 1.38 bits per heavy atom. The normalized spacial score (nSPS) is 15.0. The molecule has 10 heteroatoms. The quantitative estimate of drug-likeness (QED) is 0.241. The number of carbonyl (C=O) groups excluding carboxylic acids is 3. The number of carbonyl (C=O) groups is 3. The monoisotopic (exact) mass is 682 g/mol. The smallest absolute Gasteiger partial charge is 0.260 e. The summed E-state index contributed by atoms with van der Waals surface area (Å²) in [6, 6.07) is 15.0. The molecule has 266 valence electrons. The number of sulfonamides is 1. The Bertz CT molecular complexity index is 1550. The molecular weight excluding hydrogens is 625 g/mol. The molecule has 0 aliphatic rings. The summed E-state index contributed by atoms with van der Waals surface area (Å²) < 4.78 is 28.0. The zero-order valence-corrected chi connectivity index (χ0v) is 32.0. The SMILES string of the molecule is CNC(C(=O)NC(C(=O)N(C)C(/C=C(\C)C(=O)NS(=O)(=O)Cc1ccc(C(C)(C)C)cc1)C(C)C)C(C)(C)C)C(C)(C)c1ccccc1. The van der Waals surface area contributed by atoms with Crippen molar-refractivity contribution in [3.8, 4) is 0 Å². The van der Waals surface area contributed by atoms with E-state index in [1.54, 1.807) is 32.3 Å². The fourth-order valence-corrected chi connectivity index (χ4v) is 6.89. The maximum atomic E-state index is 14.1. The van der Waals surface area contributed by atoms with E-state index in [0.29, 0.717) is 5.56 Å². The number of hydrogen-bond acceptors (Lipinski definition) is 6. The third-order valence-electron chi connectivity index (χ3n) is 8.87. The van der Waals surface area contributed by atoms with E-state index in [-0.39, 0.29) is 34.5 Å². The minimum atomic E-state index is -3.98. The highest BCUT2D eigenvalue weighted by molar-refractivity contribution is 7.89. The molecule has 0 aliphatic heterocycles. The highest BCUT2D eigenvalue weighted by Crippen LogP contribution is 2.29. The fourth-order valence-electron chi connectivity index (χ4n) is 5.74. The lowest BCUT2D eigenvalue weighted by molar-refractivity contribution is -0.140. The third kappa shape index (κ3) is 10.8. The molecule has 0 aromatic heterocycles. The number of benzene rings is 2. The minimum Gasteiger partial charge on any atom is -0.342 e. The number of likely N-dealkylation sites (N-methyl/N-ethyl adjacent to an activating group) is 2. The van der Waals surface area contributed by atoms with Crippen LogP contribution in [-0.2, 0) is 41.0 Å². The molecule has 3 atom stereocenters.